The quantitative estimate of drug-likeness (QED) is 0.465. The first-order chi connectivity index (χ1) is 9.27. The normalized spacial score (nSPS) is 12.3. The van der Waals surface area contributed by atoms with Crippen LogP contribution in [0.3, 0.4) is 0 Å². The van der Waals surface area contributed by atoms with E-state index in [1.165, 1.54) is 25.7 Å². The highest BCUT2D eigenvalue weighted by Gasteiger charge is 2.19. The third kappa shape index (κ3) is 6.71. The van der Waals surface area contributed by atoms with Crippen LogP contribution in [0.25, 0.3) is 0 Å². The topological polar surface area (TPSA) is 39.4 Å². The van der Waals surface area contributed by atoms with E-state index in [0.29, 0.717) is 13.0 Å². The van der Waals surface area contributed by atoms with Crippen molar-refractivity contribution in [1.82, 2.24) is 0 Å². The summed E-state index contributed by atoms with van der Waals surface area (Å²) in [5.74, 6) is 1.78. The molecule has 108 valence electrons. The molecule has 0 radical (unpaired) electrons. The van der Waals surface area contributed by atoms with Crippen molar-refractivity contribution in [2.24, 2.45) is 0 Å². The van der Waals surface area contributed by atoms with Gasteiger partial charge in [-0.25, -0.2) is 0 Å². The van der Waals surface area contributed by atoms with Crippen molar-refractivity contribution in [2.45, 2.75) is 51.2 Å². The Kier molecular flexibility index (Phi) is 8.47. The molecule has 1 rings (SSSR count). The van der Waals surface area contributed by atoms with Crippen molar-refractivity contribution in [1.29, 1.82) is 0 Å². The van der Waals surface area contributed by atoms with E-state index in [0.717, 1.165) is 11.5 Å². The van der Waals surface area contributed by atoms with Crippen molar-refractivity contribution >= 4 is 17.7 Å². The Bertz CT molecular complexity index is 335. The smallest absolute Gasteiger partial charge is 0.307 e. The molecule has 0 aliphatic heterocycles. The first kappa shape index (κ1) is 16.2. The van der Waals surface area contributed by atoms with E-state index < -0.39 is 0 Å². The first-order valence-electron chi connectivity index (χ1n) is 7.08. The minimum absolute atomic E-state index is 0.0793. The van der Waals surface area contributed by atoms with Gasteiger partial charge in [0.25, 0.3) is 0 Å². The van der Waals surface area contributed by atoms with Crippen LogP contribution in [0, 0.1) is 0 Å². The van der Waals surface area contributed by atoms with Gasteiger partial charge in [-0.2, -0.15) is 0 Å². The lowest BCUT2D eigenvalue weighted by molar-refractivity contribution is -0.143. The van der Waals surface area contributed by atoms with E-state index in [9.17, 15) is 4.79 Å². The highest BCUT2D eigenvalue weighted by molar-refractivity contribution is 7.99. The van der Waals surface area contributed by atoms with Crippen LogP contribution in [-0.2, 0) is 9.53 Å². The summed E-state index contributed by atoms with van der Waals surface area (Å²) in [7, 11) is 0. The van der Waals surface area contributed by atoms with Crippen LogP contribution in [0.1, 0.15) is 57.0 Å². The van der Waals surface area contributed by atoms with Gasteiger partial charge in [-0.15, -0.1) is 11.8 Å². The second-order valence-electron chi connectivity index (χ2n) is 4.44. The number of carbonyl (C=O) groups excluding carboxylic acids is 1. The lowest BCUT2D eigenvalue weighted by Gasteiger charge is -2.13. The number of hydrogen-bond donors (Lipinski definition) is 0. The van der Waals surface area contributed by atoms with E-state index in [4.69, 9.17) is 9.15 Å². The summed E-state index contributed by atoms with van der Waals surface area (Å²) in [6.07, 6.45) is 7.02. The maximum absolute atomic E-state index is 11.6. The molecule has 1 unspecified atom stereocenters. The fourth-order valence-corrected chi connectivity index (χ4v) is 3.05. The van der Waals surface area contributed by atoms with E-state index in [-0.39, 0.29) is 11.2 Å². The second kappa shape index (κ2) is 9.96. The summed E-state index contributed by atoms with van der Waals surface area (Å²) in [5, 5.41) is 0.0793. The maximum atomic E-state index is 11.6. The zero-order chi connectivity index (χ0) is 13.9. The van der Waals surface area contributed by atoms with Crippen LogP contribution in [0.2, 0.25) is 0 Å². The van der Waals surface area contributed by atoms with Crippen molar-refractivity contribution in [3.63, 3.8) is 0 Å². The number of esters is 1. The van der Waals surface area contributed by atoms with Crippen LogP contribution in [0.15, 0.2) is 22.8 Å². The second-order valence-corrected chi connectivity index (χ2v) is 5.76. The number of furan rings is 1. The molecule has 1 aromatic rings. The van der Waals surface area contributed by atoms with Crippen molar-refractivity contribution in [3.05, 3.63) is 24.2 Å². The molecule has 1 atom stereocenters. The third-order valence-electron chi connectivity index (χ3n) is 2.83. The number of thioether (sulfide) groups is 1. The number of rotatable bonds is 10. The van der Waals surface area contributed by atoms with Crippen LogP contribution >= 0.6 is 11.8 Å². The Labute approximate surface area is 120 Å². The predicted molar refractivity (Wildman–Crippen MR) is 79.3 cm³/mol. The Balaban J connectivity index is 2.39. The molecule has 1 aromatic heterocycles. The van der Waals surface area contributed by atoms with Crippen LogP contribution < -0.4 is 0 Å². The number of ether oxygens (including phenoxy) is 1. The number of unbranched alkanes of at least 4 members (excludes halogenated alkanes) is 3. The minimum atomic E-state index is -0.148. The summed E-state index contributed by atoms with van der Waals surface area (Å²) in [4.78, 5) is 11.6. The molecule has 0 N–H and O–H groups in total. The van der Waals surface area contributed by atoms with Crippen molar-refractivity contribution in [2.75, 3.05) is 12.4 Å². The van der Waals surface area contributed by atoms with Gasteiger partial charge in [-0.3, -0.25) is 4.79 Å². The zero-order valence-electron chi connectivity index (χ0n) is 11.9. The van der Waals surface area contributed by atoms with E-state index in [1.54, 1.807) is 18.0 Å². The average molecular weight is 284 g/mol. The molecular weight excluding hydrogens is 260 g/mol. The molecule has 4 heteroatoms. The third-order valence-corrected chi connectivity index (χ3v) is 4.16. The summed E-state index contributed by atoms with van der Waals surface area (Å²) in [6, 6.07) is 3.80. The molecule has 19 heavy (non-hydrogen) atoms. The van der Waals surface area contributed by atoms with Gasteiger partial charge < -0.3 is 9.15 Å². The molecule has 0 saturated carbocycles. The molecule has 1 heterocycles. The van der Waals surface area contributed by atoms with Crippen LogP contribution in [0.4, 0.5) is 0 Å². The highest BCUT2D eigenvalue weighted by atomic mass is 32.2. The average Bonchev–Trinajstić information content (AvgIpc) is 2.91. The molecule has 0 spiro atoms. The maximum Gasteiger partial charge on any atom is 0.307 e. The zero-order valence-corrected chi connectivity index (χ0v) is 12.7. The SMILES string of the molecule is CCCCCCSC(CC(=O)OCC)c1ccco1. The Morgan fingerprint density at radius 2 is 2.21 bits per heavy atom. The number of hydrogen-bond acceptors (Lipinski definition) is 4. The first-order valence-corrected chi connectivity index (χ1v) is 8.13. The minimum Gasteiger partial charge on any atom is -0.468 e. The summed E-state index contributed by atoms with van der Waals surface area (Å²) in [5.41, 5.74) is 0. The van der Waals surface area contributed by atoms with Gasteiger partial charge in [0, 0.05) is 0 Å². The fraction of sp³-hybridized carbons (Fsp3) is 0.667. The van der Waals surface area contributed by atoms with Gasteiger partial charge in [0.1, 0.15) is 5.76 Å². The Morgan fingerprint density at radius 3 is 2.84 bits per heavy atom. The predicted octanol–water partition coefficient (Wildman–Crippen LogP) is 4.59. The fourth-order valence-electron chi connectivity index (χ4n) is 1.84. The highest BCUT2D eigenvalue weighted by Crippen LogP contribution is 2.33. The molecule has 0 saturated heterocycles. The summed E-state index contributed by atoms with van der Waals surface area (Å²) >= 11 is 1.79. The molecule has 0 aromatic carbocycles. The standard InChI is InChI=1S/C15H24O3S/c1-3-5-6-7-11-19-14(12-15(16)17-4-2)13-9-8-10-18-13/h8-10,14H,3-7,11-12H2,1-2H3. The summed E-state index contributed by atoms with van der Waals surface area (Å²) < 4.78 is 10.4. The summed E-state index contributed by atoms with van der Waals surface area (Å²) in [6.45, 7) is 4.47. The van der Waals surface area contributed by atoms with E-state index in [2.05, 4.69) is 6.92 Å². The molecule has 0 amide bonds. The molecule has 0 aliphatic carbocycles. The van der Waals surface area contributed by atoms with Gasteiger partial charge >= 0.3 is 5.97 Å². The van der Waals surface area contributed by atoms with Crippen LogP contribution in [0.5, 0.6) is 0 Å². The van der Waals surface area contributed by atoms with E-state index >= 15 is 0 Å². The largest absolute Gasteiger partial charge is 0.468 e. The molecule has 0 aliphatic rings. The van der Waals surface area contributed by atoms with E-state index in [1.807, 2.05) is 19.1 Å². The number of carbonyl (C=O) groups is 1. The lowest BCUT2D eigenvalue weighted by Crippen LogP contribution is -2.08. The van der Waals surface area contributed by atoms with Gasteiger partial charge in [0.05, 0.1) is 24.5 Å². The van der Waals surface area contributed by atoms with Crippen LogP contribution in [-0.4, -0.2) is 18.3 Å². The monoisotopic (exact) mass is 284 g/mol. The molecule has 0 fully saturated rings. The lowest BCUT2D eigenvalue weighted by atomic mass is 10.2. The van der Waals surface area contributed by atoms with Gasteiger partial charge in [0.15, 0.2) is 0 Å². The van der Waals surface area contributed by atoms with Gasteiger partial charge in [0.2, 0.25) is 0 Å². The molecule has 0 bridgehead atoms. The van der Waals surface area contributed by atoms with Gasteiger partial charge in [-0.05, 0) is 31.2 Å². The van der Waals surface area contributed by atoms with Gasteiger partial charge in [-0.1, -0.05) is 26.2 Å². The Morgan fingerprint density at radius 1 is 1.37 bits per heavy atom. The molecule has 3 nitrogen and oxygen atoms in total. The van der Waals surface area contributed by atoms with Crippen molar-refractivity contribution in [3.8, 4) is 0 Å². The molecular formula is C15H24O3S. The Hall–Kier alpha value is -0.900. The van der Waals surface area contributed by atoms with Crippen molar-refractivity contribution < 1.29 is 13.9 Å².